The quantitative estimate of drug-likeness (QED) is 0.363. The maximum Gasteiger partial charge on any atom is 0.472 e. The Bertz CT molecular complexity index is 280. The summed E-state index contributed by atoms with van der Waals surface area (Å²) in [6.07, 6.45) is -9.40. The maximum atomic E-state index is 13.2. The van der Waals surface area contributed by atoms with Crippen LogP contribution in [0, 0.1) is 0 Å². The van der Waals surface area contributed by atoms with E-state index in [4.69, 9.17) is 20.0 Å². The van der Waals surface area contributed by atoms with E-state index in [1.807, 2.05) is 0 Å². The van der Waals surface area contributed by atoms with E-state index in [0.29, 0.717) is 0 Å². The number of hydrogen-bond acceptors (Lipinski definition) is 6. The molecule has 1 unspecified atom stereocenters. The number of halogens is 1. The highest BCUT2D eigenvalue weighted by atomic mass is 31.2. The molecule has 0 saturated carbocycles. The van der Waals surface area contributed by atoms with Gasteiger partial charge in [-0.25, -0.2) is 8.96 Å². The van der Waals surface area contributed by atoms with Gasteiger partial charge in [-0.2, -0.15) is 0 Å². The fourth-order valence-electron chi connectivity index (χ4n) is 1.27. The second kappa shape index (κ2) is 5.03. The number of ether oxygens (including phenoxy) is 1. The van der Waals surface area contributed by atoms with Crippen molar-refractivity contribution < 1.29 is 43.3 Å². The summed E-state index contributed by atoms with van der Waals surface area (Å²) in [5.74, 6) is 0. The van der Waals surface area contributed by atoms with E-state index in [9.17, 15) is 14.1 Å². The van der Waals surface area contributed by atoms with Crippen LogP contribution in [0.4, 0.5) is 4.39 Å². The largest absolute Gasteiger partial charge is 0.472 e. The first kappa shape index (κ1) is 13.9. The van der Waals surface area contributed by atoms with Crippen LogP contribution in [0.25, 0.3) is 0 Å². The molecule has 0 aromatic heterocycles. The summed E-state index contributed by atoms with van der Waals surface area (Å²) in [4.78, 5) is 16.9. The zero-order valence-electron chi connectivity index (χ0n) is 7.88. The molecule has 0 amide bonds. The molecule has 1 rings (SSSR count). The van der Waals surface area contributed by atoms with Crippen molar-refractivity contribution in [2.75, 3.05) is 6.61 Å². The van der Waals surface area contributed by atoms with Crippen LogP contribution in [0.15, 0.2) is 0 Å². The van der Waals surface area contributed by atoms with Crippen LogP contribution < -0.4 is 0 Å². The van der Waals surface area contributed by atoms with Crippen LogP contribution in [0.3, 0.4) is 0 Å². The molecule has 0 bridgehead atoms. The summed E-state index contributed by atoms with van der Waals surface area (Å²) in [5, 5.41) is 27.1. The average Bonchev–Trinajstić information content (AvgIpc) is 2.17. The normalized spacial score (nSPS) is 41.0. The van der Waals surface area contributed by atoms with Crippen LogP contribution in [-0.4, -0.2) is 62.5 Å². The lowest BCUT2D eigenvalue weighted by atomic mass is 10.0. The molecule has 0 spiro atoms. The van der Waals surface area contributed by atoms with Gasteiger partial charge in [0.25, 0.3) is 0 Å². The highest BCUT2D eigenvalue weighted by molar-refractivity contribution is 7.46. The Morgan fingerprint density at radius 1 is 1.31 bits per heavy atom. The van der Waals surface area contributed by atoms with Gasteiger partial charge in [0.15, 0.2) is 6.17 Å². The number of rotatable bonds is 3. The van der Waals surface area contributed by atoms with Gasteiger partial charge in [0.05, 0.1) is 6.61 Å². The Hall–Kier alpha value is -0.120. The van der Waals surface area contributed by atoms with Crippen molar-refractivity contribution in [1.82, 2.24) is 0 Å². The molecule has 0 aliphatic carbocycles. The summed E-state index contributed by atoms with van der Waals surface area (Å²) in [6, 6.07) is 0. The van der Waals surface area contributed by atoms with Gasteiger partial charge in [0.2, 0.25) is 6.29 Å². The van der Waals surface area contributed by atoms with Crippen molar-refractivity contribution in [2.45, 2.75) is 30.8 Å². The third kappa shape index (κ3) is 3.19. The zero-order valence-corrected chi connectivity index (χ0v) is 8.77. The highest BCUT2D eigenvalue weighted by Gasteiger charge is 2.47. The summed E-state index contributed by atoms with van der Waals surface area (Å²) < 4.78 is 32.2. The lowest BCUT2D eigenvalue weighted by Gasteiger charge is -2.38. The topological polar surface area (TPSA) is 137 Å². The molecular formula is C6H12FO8P. The number of hydrogen-bond donors (Lipinski definition) is 5. The number of aliphatic hydroxyl groups is 3. The van der Waals surface area contributed by atoms with Crippen LogP contribution >= 0.6 is 7.82 Å². The standard InChI is InChI=1S/C6H12FO8P/c7-3-5(10)4(9)2(1-8)14-6(3)15-16(11,12)13/h2-6,8-10H,1H2,(H2,11,12,13)/t2-,3-,4-,5-,6?/m1/s1/i7-1. The van der Waals surface area contributed by atoms with E-state index >= 15 is 0 Å². The van der Waals surface area contributed by atoms with Gasteiger partial charge >= 0.3 is 7.82 Å². The molecule has 1 fully saturated rings. The second-order valence-electron chi connectivity index (χ2n) is 3.25. The predicted molar refractivity (Wildman–Crippen MR) is 45.8 cm³/mol. The minimum Gasteiger partial charge on any atom is -0.394 e. The van der Waals surface area contributed by atoms with Gasteiger partial charge in [-0.3, -0.25) is 4.52 Å². The van der Waals surface area contributed by atoms with Gasteiger partial charge in [0.1, 0.15) is 18.3 Å². The molecule has 0 radical (unpaired) electrons. The molecule has 16 heavy (non-hydrogen) atoms. The highest BCUT2D eigenvalue weighted by Crippen LogP contribution is 2.41. The van der Waals surface area contributed by atoms with Crippen LogP contribution in [0.2, 0.25) is 0 Å². The van der Waals surface area contributed by atoms with Crippen molar-refractivity contribution in [3.63, 3.8) is 0 Å². The van der Waals surface area contributed by atoms with Crippen molar-refractivity contribution in [3.8, 4) is 0 Å². The van der Waals surface area contributed by atoms with Gasteiger partial charge in [-0.15, -0.1) is 0 Å². The smallest absolute Gasteiger partial charge is 0.394 e. The Morgan fingerprint density at radius 2 is 1.88 bits per heavy atom. The molecule has 1 heterocycles. The number of phosphoric ester groups is 1. The molecular weight excluding hydrogens is 249 g/mol. The Labute approximate surface area is 89.5 Å². The zero-order chi connectivity index (χ0) is 12.5. The third-order valence-electron chi connectivity index (χ3n) is 2.05. The lowest BCUT2D eigenvalue weighted by Crippen LogP contribution is -2.57. The average molecular weight is 261 g/mol. The molecule has 5 atom stereocenters. The minimum atomic E-state index is -4.99. The number of alkyl halides is 1. The molecule has 0 aromatic rings. The molecule has 1 aliphatic heterocycles. The molecule has 10 heteroatoms. The molecule has 96 valence electrons. The summed E-state index contributed by atoms with van der Waals surface area (Å²) in [5.41, 5.74) is 0. The molecule has 1 saturated heterocycles. The van der Waals surface area contributed by atoms with Crippen molar-refractivity contribution in [2.24, 2.45) is 0 Å². The first-order chi connectivity index (χ1) is 7.26. The van der Waals surface area contributed by atoms with Crippen molar-refractivity contribution in [3.05, 3.63) is 0 Å². The van der Waals surface area contributed by atoms with Crippen LogP contribution in [0.5, 0.6) is 0 Å². The van der Waals surface area contributed by atoms with E-state index in [1.54, 1.807) is 0 Å². The van der Waals surface area contributed by atoms with Gasteiger partial charge in [-0.05, 0) is 0 Å². The third-order valence-corrected chi connectivity index (χ3v) is 2.53. The lowest BCUT2D eigenvalue weighted by molar-refractivity contribution is -0.265. The molecule has 8 nitrogen and oxygen atoms in total. The Kier molecular flexibility index (Phi) is 4.38. The monoisotopic (exact) mass is 261 g/mol. The fraction of sp³-hybridized carbons (Fsp3) is 1.00. The fourth-order valence-corrected chi connectivity index (χ4v) is 1.70. The molecule has 0 aromatic carbocycles. The molecule has 5 N–H and O–H groups in total. The first-order valence-corrected chi connectivity index (χ1v) is 5.79. The Morgan fingerprint density at radius 3 is 2.31 bits per heavy atom. The number of aliphatic hydroxyl groups excluding tert-OH is 3. The van der Waals surface area contributed by atoms with E-state index in [2.05, 4.69) is 9.26 Å². The Balaban J connectivity index is 2.75. The summed E-state index contributed by atoms with van der Waals surface area (Å²) in [6.45, 7) is -0.758. The van der Waals surface area contributed by atoms with E-state index in [-0.39, 0.29) is 0 Å². The first-order valence-electron chi connectivity index (χ1n) is 4.26. The van der Waals surface area contributed by atoms with E-state index in [1.165, 1.54) is 0 Å². The summed E-state index contributed by atoms with van der Waals surface area (Å²) in [7, 11) is -4.99. The van der Waals surface area contributed by atoms with E-state index < -0.39 is 45.2 Å². The van der Waals surface area contributed by atoms with Crippen LogP contribution in [-0.2, 0) is 13.8 Å². The van der Waals surface area contributed by atoms with Gasteiger partial charge < -0.3 is 29.8 Å². The molecule has 1 aliphatic rings. The summed E-state index contributed by atoms with van der Waals surface area (Å²) >= 11 is 0. The second-order valence-corrected chi connectivity index (χ2v) is 4.44. The van der Waals surface area contributed by atoms with Crippen molar-refractivity contribution in [1.29, 1.82) is 0 Å². The maximum absolute atomic E-state index is 13.2. The van der Waals surface area contributed by atoms with Crippen molar-refractivity contribution >= 4 is 7.82 Å². The predicted octanol–water partition coefficient (Wildman–Crippen LogP) is -2.13. The minimum absolute atomic E-state index is 0.758. The van der Waals surface area contributed by atoms with Gasteiger partial charge in [-0.1, -0.05) is 0 Å². The number of phosphoric acid groups is 1. The SMILES string of the molecule is O=P(O)(O)OC1O[C@H](CO)[C@@H](O)[C@H](O)[C@H]1[18F]. The van der Waals surface area contributed by atoms with Crippen LogP contribution in [0.1, 0.15) is 0 Å². The van der Waals surface area contributed by atoms with Gasteiger partial charge in [0, 0.05) is 0 Å². The van der Waals surface area contributed by atoms with E-state index in [0.717, 1.165) is 0 Å².